The summed E-state index contributed by atoms with van der Waals surface area (Å²) in [7, 11) is 1.73. The number of nitrogens with one attached hydrogen (secondary N) is 1. The van der Waals surface area contributed by atoms with Crippen LogP contribution in [0.25, 0.3) is 0 Å². The highest BCUT2D eigenvalue weighted by atomic mass is 16.5. The Labute approximate surface area is 93.2 Å². The first kappa shape index (κ1) is 12.9. The minimum absolute atomic E-state index is 0.172. The van der Waals surface area contributed by atoms with Gasteiger partial charge in [-0.1, -0.05) is 19.3 Å². The Morgan fingerprint density at radius 3 is 2.60 bits per heavy atom. The molecule has 1 fully saturated rings. The van der Waals surface area contributed by atoms with Crippen LogP contribution in [0.3, 0.4) is 0 Å². The van der Waals surface area contributed by atoms with Crippen molar-refractivity contribution in [2.75, 3.05) is 33.4 Å². The van der Waals surface area contributed by atoms with E-state index in [-0.39, 0.29) is 5.41 Å². The average Bonchev–Trinajstić information content (AvgIpc) is 2.30. The molecule has 0 aromatic carbocycles. The van der Waals surface area contributed by atoms with Crippen LogP contribution in [-0.4, -0.2) is 38.5 Å². The molecule has 1 aliphatic carbocycles. The van der Waals surface area contributed by atoms with E-state index in [9.17, 15) is 5.11 Å². The molecule has 90 valence electrons. The molecule has 0 saturated heterocycles. The summed E-state index contributed by atoms with van der Waals surface area (Å²) in [6.45, 7) is 3.12. The fourth-order valence-corrected chi connectivity index (χ4v) is 2.39. The molecule has 3 heteroatoms. The highest BCUT2D eigenvalue weighted by molar-refractivity contribution is 4.84. The van der Waals surface area contributed by atoms with E-state index in [2.05, 4.69) is 5.32 Å². The van der Waals surface area contributed by atoms with Gasteiger partial charge in [-0.3, -0.25) is 0 Å². The average molecular weight is 215 g/mol. The molecule has 1 saturated carbocycles. The zero-order chi connectivity index (χ0) is 11.0. The van der Waals surface area contributed by atoms with Crippen molar-refractivity contribution in [3.8, 4) is 0 Å². The summed E-state index contributed by atoms with van der Waals surface area (Å²) < 4.78 is 5.00. The van der Waals surface area contributed by atoms with E-state index in [0.717, 1.165) is 26.1 Å². The zero-order valence-electron chi connectivity index (χ0n) is 9.93. The van der Waals surface area contributed by atoms with E-state index < -0.39 is 0 Å². The molecule has 0 atom stereocenters. The summed E-state index contributed by atoms with van der Waals surface area (Å²) in [6.07, 6.45) is 7.31. The fourth-order valence-electron chi connectivity index (χ4n) is 2.39. The maximum atomic E-state index is 9.48. The number of hydrogen-bond donors (Lipinski definition) is 2. The summed E-state index contributed by atoms with van der Waals surface area (Å²) >= 11 is 0. The van der Waals surface area contributed by atoms with Gasteiger partial charge in [0.2, 0.25) is 0 Å². The third-order valence-corrected chi connectivity index (χ3v) is 3.45. The summed E-state index contributed by atoms with van der Waals surface area (Å²) in [4.78, 5) is 0. The van der Waals surface area contributed by atoms with Gasteiger partial charge in [-0.05, 0) is 25.8 Å². The van der Waals surface area contributed by atoms with Crippen LogP contribution >= 0.6 is 0 Å². The predicted octanol–water partition coefficient (Wildman–Crippen LogP) is 1.56. The van der Waals surface area contributed by atoms with Crippen LogP contribution in [0.4, 0.5) is 0 Å². The summed E-state index contributed by atoms with van der Waals surface area (Å²) in [6, 6.07) is 0. The quantitative estimate of drug-likeness (QED) is 0.633. The Bertz CT molecular complexity index is 156. The van der Waals surface area contributed by atoms with Crippen LogP contribution in [0.15, 0.2) is 0 Å². The number of ether oxygens (including phenoxy) is 1. The smallest absolute Gasteiger partial charge is 0.0499 e. The molecule has 0 amide bonds. The molecule has 0 aliphatic heterocycles. The number of rotatable bonds is 7. The molecule has 2 N–H and O–H groups in total. The lowest BCUT2D eigenvalue weighted by Gasteiger charge is -2.35. The molecule has 0 spiro atoms. The maximum Gasteiger partial charge on any atom is 0.0499 e. The van der Waals surface area contributed by atoms with Crippen molar-refractivity contribution in [3.63, 3.8) is 0 Å². The first-order valence-electron chi connectivity index (χ1n) is 6.13. The minimum Gasteiger partial charge on any atom is -0.396 e. The van der Waals surface area contributed by atoms with Crippen LogP contribution in [0, 0.1) is 5.41 Å². The molecule has 15 heavy (non-hydrogen) atoms. The SMILES string of the molecule is COCCCNCC1(CO)CCCCC1. The minimum atomic E-state index is 0.172. The molecule has 0 heterocycles. The second-order valence-electron chi connectivity index (χ2n) is 4.74. The first-order chi connectivity index (χ1) is 7.33. The maximum absolute atomic E-state index is 9.48. The van der Waals surface area contributed by atoms with Gasteiger partial charge in [0.05, 0.1) is 0 Å². The van der Waals surface area contributed by atoms with Gasteiger partial charge in [-0.25, -0.2) is 0 Å². The molecular weight excluding hydrogens is 190 g/mol. The van der Waals surface area contributed by atoms with Gasteiger partial charge in [0.15, 0.2) is 0 Å². The van der Waals surface area contributed by atoms with Crippen LogP contribution in [0.1, 0.15) is 38.5 Å². The van der Waals surface area contributed by atoms with Gasteiger partial charge in [-0.15, -0.1) is 0 Å². The van der Waals surface area contributed by atoms with Crippen LogP contribution in [0.2, 0.25) is 0 Å². The first-order valence-corrected chi connectivity index (χ1v) is 6.13. The Hall–Kier alpha value is -0.120. The number of hydrogen-bond acceptors (Lipinski definition) is 3. The van der Waals surface area contributed by atoms with E-state index in [1.54, 1.807) is 7.11 Å². The van der Waals surface area contributed by atoms with Crippen molar-refractivity contribution in [1.82, 2.24) is 5.32 Å². The molecule has 0 unspecified atom stereocenters. The van der Waals surface area contributed by atoms with Crippen LogP contribution < -0.4 is 5.32 Å². The Morgan fingerprint density at radius 2 is 2.00 bits per heavy atom. The van der Waals surface area contributed by atoms with Crippen LogP contribution in [0.5, 0.6) is 0 Å². The van der Waals surface area contributed by atoms with Gasteiger partial charge in [0, 0.05) is 32.3 Å². The van der Waals surface area contributed by atoms with Crippen molar-refractivity contribution >= 4 is 0 Å². The van der Waals surface area contributed by atoms with E-state index >= 15 is 0 Å². The van der Waals surface area contributed by atoms with E-state index in [4.69, 9.17) is 4.74 Å². The molecular formula is C12H25NO2. The van der Waals surface area contributed by atoms with E-state index in [1.165, 1.54) is 32.1 Å². The van der Waals surface area contributed by atoms with Gasteiger partial charge in [0.1, 0.15) is 0 Å². The standard InChI is InChI=1S/C12H25NO2/c1-15-9-5-8-13-10-12(11-14)6-3-2-4-7-12/h13-14H,2-11H2,1H3. The van der Waals surface area contributed by atoms with Gasteiger partial charge in [-0.2, -0.15) is 0 Å². The topological polar surface area (TPSA) is 41.5 Å². The second kappa shape index (κ2) is 7.20. The normalized spacial score (nSPS) is 20.4. The third kappa shape index (κ3) is 4.49. The van der Waals surface area contributed by atoms with Crippen molar-refractivity contribution in [2.24, 2.45) is 5.41 Å². The molecule has 1 aliphatic rings. The van der Waals surface area contributed by atoms with Crippen molar-refractivity contribution in [1.29, 1.82) is 0 Å². The number of aliphatic hydroxyl groups excluding tert-OH is 1. The monoisotopic (exact) mass is 215 g/mol. The molecule has 0 radical (unpaired) electrons. The van der Waals surface area contributed by atoms with Crippen molar-refractivity contribution in [2.45, 2.75) is 38.5 Å². The highest BCUT2D eigenvalue weighted by Gasteiger charge is 2.30. The third-order valence-electron chi connectivity index (χ3n) is 3.45. The van der Waals surface area contributed by atoms with Gasteiger partial charge in [0.25, 0.3) is 0 Å². The largest absolute Gasteiger partial charge is 0.396 e. The van der Waals surface area contributed by atoms with E-state index in [0.29, 0.717) is 6.61 Å². The molecule has 0 aromatic heterocycles. The zero-order valence-corrected chi connectivity index (χ0v) is 9.93. The van der Waals surface area contributed by atoms with E-state index in [1.807, 2.05) is 0 Å². The van der Waals surface area contributed by atoms with Gasteiger partial charge >= 0.3 is 0 Å². The highest BCUT2D eigenvalue weighted by Crippen LogP contribution is 2.35. The Balaban J connectivity index is 2.15. The van der Waals surface area contributed by atoms with Crippen molar-refractivity contribution < 1.29 is 9.84 Å². The summed E-state index contributed by atoms with van der Waals surface area (Å²) in [5, 5.41) is 12.9. The Kier molecular flexibility index (Phi) is 6.22. The molecule has 0 aromatic rings. The van der Waals surface area contributed by atoms with Crippen molar-refractivity contribution in [3.05, 3.63) is 0 Å². The lowest BCUT2D eigenvalue weighted by molar-refractivity contribution is 0.0807. The lowest BCUT2D eigenvalue weighted by Crippen LogP contribution is -2.39. The number of aliphatic hydroxyl groups is 1. The summed E-state index contributed by atoms with van der Waals surface area (Å²) in [5.41, 5.74) is 0.172. The predicted molar refractivity (Wildman–Crippen MR) is 62.0 cm³/mol. The second-order valence-corrected chi connectivity index (χ2v) is 4.74. The lowest BCUT2D eigenvalue weighted by atomic mass is 9.74. The Morgan fingerprint density at radius 1 is 1.27 bits per heavy atom. The fraction of sp³-hybridized carbons (Fsp3) is 1.00. The number of methoxy groups -OCH3 is 1. The molecule has 0 bridgehead atoms. The summed E-state index contributed by atoms with van der Waals surface area (Å²) in [5.74, 6) is 0. The molecule has 3 nitrogen and oxygen atoms in total. The molecule has 1 rings (SSSR count). The van der Waals surface area contributed by atoms with Gasteiger partial charge < -0.3 is 15.2 Å². The van der Waals surface area contributed by atoms with Crippen LogP contribution in [-0.2, 0) is 4.74 Å².